The van der Waals surface area contributed by atoms with Crippen molar-refractivity contribution in [3.8, 4) is 5.75 Å². The lowest BCUT2D eigenvalue weighted by molar-refractivity contribution is -0.113. The van der Waals surface area contributed by atoms with Crippen LogP contribution in [0.1, 0.15) is 5.56 Å². The van der Waals surface area contributed by atoms with Gasteiger partial charge in [0.15, 0.2) is 5.11 Å². The minimum Gasteiger partial charge on any atom is -0.488 e. The van der Waals surface area contributed by atoms with Gasteiger partial charge in [-0.05, 0) is 48.1 Å². The van der Waals surface area contributed by atoms with Gasteiger partial charge in [0, 0.05) is 5.56 Å². The summed E-state index contributed by atoms with van der Waals surface area (Å²) >= 11 is 5.31. The van der Waals surface area contributed by atoms with Crippen LogP contribution in [0.15, 0.2) is 71.9 Å². The molecule has 0 radical (unpaired) electrons. The van der Waals surface area contributed by atoms with Crippen molar-refractivity contribution in [3.05, 3.63) is 77.5 Å². The number of rotatable bonds is 2. The summed E-state index contributed by atoms with van der Waals surface area (Å²) in [6, 6.07) is 17.2. The highest BCUT2D eigenvalue weighted by atomic mass is 32.1. The number of benzene rings is 2. The smallest absolute Gasteiger partial charge is 0.281 e. The van der Waals surface area contributed by atoms with Gasteiger partial charge in [-0.3, -0.25) is 9.69 Å². The average molecular weight is 334 g/mol. The molecule has 0 aliphatic carbocycles. The first-order chi connectivity index (χ1) is 11.7. The molecule has 1 N–H and O–H groups in total. The van der Waals surface area contributed by atoms with Crippen LogP contribution in [0.2, 0.25) is 0 Å². The molecule has 0 bridgehead atoms. The number of para-hydroxylation sites is 2. The van der Waals surface area contributed by atoms with Crippen LogP contribution in [-0.2, 0) is 4.79 Å². The van der Waals surface area contributed by atoms with E-state index in [0.29, 0.717) is 17.4 Å². The second-order valence-corrected chi connectivity index (χ2v) is 5.90. The predicted molar refractivity (Wildman–Crippen MR) is 97.7 cm³/mol. The first-order valence-corrected chi connectivity index (χ1v) is 7.98. The third-order valence-electron chi connectivity index (χ3n) is 3.88. The van der Waals surface area contributed by atoms with Gasteiger partial charge in [-0.2, -0.15) is 0 Å². The fourth-order valence-electron chi connectivity index (χ4n) is 2.75. The third-order valence-corrected chi connectivity index (χ3v) is 4.16. The second-order valence-electron chi connectivity index (χ2n) is 5.51. The van der Waals surface area contributed by atoms with Gasteiger partial charge in [-0.1, -0.05) is 36.4 Å². The Bertz CT molecular complexity index is 887. The van der Waals surface area contributed by atoms with Crippen LogP contribution >= 0.6 is 12.2 Å². The van der Waals surface area contributed by atoms with Gasteiger partial charge in [-0.25, -0.2) is 0 Å². The molecule has 2 aliphatic rings. The van der Waals surface area contributed by atoms with Crippen LogP contribution in [0.5, 0.6) is 5.75 Å². The van der Waals surface area contributed by atoms with E-state index in [-0.39, 0.29) is 5.91 Å². The Kier molecular flexibility index (Phi) is 3.63. The molecule has 1 saturated heterocycles. The van der Waals surface area contributed by atoms with Crippen LogP contribution in [0, 0.1) is 0 Å². The topological polar surface area (TPSA) is 41.6 Å². The van der Waals surface area contributed by atoms with Gasteiger partial charge in [0.25, 0.3) is 5.91 Å². The highest BCUT2D eigenvalue weighted by Crippen LogP contribution is 2.27. The summed E-state index contributed by atoms with van der Waals surface area (Å²) in [4.78, 5) is 14.2. The van der Waals surface area contributed by atoms with Gasteiger partial charge in [0.2, 0.25) is 0 Å². The number of carbonyl (C=O) groups is 1. The normalized spacial score (nSPS) is 18.1. The van der Waals surface area contributed by atoms with Crippen molar-refractivity contribution in [2.75, 3.05) is 11.5 Å². The molecule has 118 valence electrons. The summed E-state index contributed by atoms with van der Waals surface area (Å²) in [5.41, 5.74) is 3.13. The number of ether oxygens (including phenoxy) is 1. The van der Waals surface area contributed by atoms with Gasteiger partial charge in [0.05, 0.1) is 5.69 Å². The molecule has 1 amide bonds. The van der Waals surface area contributed by atoms with Crippen molar-refractivity contribution in [2.45, 2.75) is 0 Å². The first-order valence-electron chi connectivity index (χ1n) is 7.57. The van der Waals surface area contributed by atoms with E-state index in [9.17, 15) is 4.79 Å². The van der Waals surface area contributed by atoms with E-state index in [1.807, 2.05) is 60.7 Å². The SMILES string of the molecule is O=C1/C(=C\C2=Cc3ccccc3OC2)NC(=S)N1c1ccccc1. The Balaban J connectivity index is 1.64. The summed E-state index contributed by atoms with van der Waals surface area (Å²) in [6.45, 7) is 0.424. The zero-order valence-electron chi connectivity index (χ0n) is 12.7. The number of carbonyl (C=O) groups excluding carboxylic acids is 1. The lowest BCUT2D eigenvalue weighted by Crippen LogP contribution is -2.30. The van der Waals surface area contributed by atoms with Crippen molar-refractivity contribution < 1.29 is 9.53 Å². The predicted octanol–water partition coefficient (Wildman–Crippen LogP) is 3.27. The summed E-state index contributed by atoms with van der Waals surface area (Å²) in [7, 11) is 0. The van der Waals surface area contributed by atoms with Gasteiger partial charge in [-0.15, -0.1) is 0 Å². The van der Waals surface area contributed by atoms with Crippen molar-refractivity contribution >= 4 is 35.0 Å². The number of fused-ring (bicyclic) bond motifs is 1. The maximum atomic E-state index is 12.7. The molecule has 5 heteroatoms. The molecule has 2 aromatic carbocycles. The molecule has 2 heterocycles. The number of anilines is 1. The maximum absolute atomic E-state index is 12.7. The van der Waals surface area contributed by atoms with Crippen molar-refractivity contribution in [1.29, 1.82) is 0 Å². The number of nitrogens with one attached hydrogen (secondary N) is 1. The lowest BCUT2D eigenvalue weighted by Gasteiger charge is -2.16. The monoisotopic (exact) mass is 334 g/mol. The Labute approximate surface area is 145 Å². The van der Waals surface area contributed by atoms with Gasteiger partial charge in [0.1, 0.15) is 18.1 Å². The Morgan fingerprint density at radius 3 is 2.67 bits per heavy atom. The minimum absolute atomic E-state index is 0.161. The summed E-state index contributed by atoms with van der Waals surface area (Å²) in [5, 5.41) is 3.38. The zero-order valence-corrected chi connectivity index (χ0v) is 13.5. The third kappa shape index (κ3) is 2.59. The van der Waals surface area contributed by atoms with Crippen molar-refractivity contribution in [1.82, 2.24) is 5.32 Å². The van der Waals surface area contributed by atoms with E-state index in [1.165, 1.54) is 4.90 Å². The van der Waals surface area contributed by atoms with Gasteiger partial charge >= 0.3 is 0 Å². The average Bonchev–Trinajstić information content (AvgIpc) is 2.89. The molecule has 0 unspecified atom stereocenters. The highest BCUT2D eigenvalue weighted by Gasteiger charge is 2.32. The lowest BCUT2D eigenvalue weighted by atomic mass is 10.1. The highest BCUT2D eigenvalue weighted by molar-refractivity contribution is 7.80. The summed E-state index contributed by atoms with van der Waals surface area (Å²) in [6.07, 6.45) is 3.82. The number of nitrogens with zero attached hydrogens (tertiary/aromatic N) is 1. The molecule has 0 atom stereocenters. The number of amides is 1. The van der Waals surface area contributed by atoms with Crippen LogP contribution in [0.4, 0.5) is 5.69 Å². The fourth-order valence-corrected chi connectivity index (χ4v) is 3.05. The fraction of sp³-hybridized carbons (Fsp3) is 0.0526. The molecule has 4 rings (SSSR count). The number of hydrogen-bond donors (Lipinski definition) is 1. The standard InChI is InChI=1S/C19H14N2O2S/c22-18-16(20-19(24)21(18)15-7-2-1-3-8-15)11-13-10-14-6-4-5-9-17(14)23-12-13/h1-11H,12H2,(H,20,24)/b16-11+. The van der Waals surface area contributed by atoms with Crippen LogP contribution in [-0.4, -0.2) is 17.6 Å². The van der Waals surface area contributed by atoms with E-state index in [0.717, 1.165) is 22.6 Å². The van der Waals surface area contributed by atoms with Gasteiger partial charge < -0.3 is 10.1 Å². The van der Waals surface area contributed by atoms with E-state index in [2.05, 4.69) is 5.32 Å². The molecule has 0 spiro atoms. The Morgan fingerprint density at radius 2 is 1.83 bits per heavy atom. The molecule has 4 nitrogen and oxygen atoms in total. The molecule has 0 aromatic heterocycles. The van der Waals surface area contributed by atoms with Crippen LogP contribution in [0.3, 0.4) is 0 Å². The number of hydrogen-bond acceptors (Lipinski definition) is 3. The molecular formula is C19H14N2O2S. The minimum atomic E-state index is -0.161. The van der Waals surface area contributed by atoms with Crippen LogP contribution < -0.4 is 15.0 Å². The molecule has 2 aliphatic heterocycles. The quantitative estimate of drug-likeness (QED) is 0.676. The van der Waals surface area contributed by atoms with E-state index in [1.54, 1.807) is 6.08 Å². The van der Waals surface area contributed by atoms with Crippen molar-refractivity contribution in [3.63, 3.8) is 0 Å². The summed E-state index contributed by atoms with van der Waals surface area (Å²) < 4.78 is 5.72. The first kappa shape index (κ1) is 14.7. The molecule has 1 fully saturated rings. The Hall–Kier alpha value is -2.92. The largest absolute Gasteiger partial charge is 0.488 e. The van der Waals surface area contributed by atoms with E-state index < -0.39 is 0 Å². The second kappa shape index (κ2) is 5.94. The molecule has 2 aromatic rings. The Morgan fingerprint density at radius 1 is 1.08 bits per heavy atom. The molecule has 24 heavy (non-hydrogen) atoms. The van der Waals surface area contributed by atoms with E-state index in [4.69, 9.17) is 17.0 Å². The van der Waals surface area contributed by atoms with Crippen LogP contribution in [0.25, 0.3) is 6.08 Å². The van der Waals surface area contributed by atoms with Crippen molar-refractivity contribution in [2.24, 2.45) is 0 Å². The molecule has 0 saturated carbocycles. The maximum Gasteiger partial charge on any atom is 0.281 e. The number of thiocarbonyl (C=S) groups is 1. The zero-order chi connectivity index (χ0) is 16.5. The summed E-state index contributed by atoms with van der Waals surface area (Å²) in [5.74, 6) is 0.692. The molecular weight excluding hydrogens is 320 g/mol. The van der Waals surface area contributed by atoms with E-state index >= 15 is 0 Å².